The van der Waals surface area contributed by atoms with Gasteiger partial charge in [-0.25, -0.2) is 15.2 Å². The van der Waals surface area contributed by atoms with Crippen molar-refractivity contribution in [1.82, 2.24) is 14.9 Å². The van der Waals surface area contributed by atoms with Crippen molar-refractivity contribution >= 4 is 5.82 Å². The molecule has 0 fully saturated rings. The van der Waals surface area contributed by atoms with Gasteiger partial charge >= 0.3 is 0 Å². The molecule has 100 valence electrons. The van der Waals surface area contributed by atoms with E-state index in [9.17, 15) is 4.39 Å². The third-order valence-corrected chi connectivity index (χ3v) is 2.68. The van der Waals surface area contributed by atoms with Gasteiger partial charge in [-0.15, -0.1) is 0 Å². The molecule has 0 amide bonds. The first-order valence-corrected chi connectivity index (χ1v) is 5.88. The number of nitrogens with one attached hydrogen (secondary N) is 1. The highest BCUT2D eigenvalue weighted by Crippen LogP contribution is 2.10. The van der Waals surface area contributed by atoms with Crippen LogP contribution in [-0.4, -0.2) is 21.9 Å². The van der Waals surface area contributed by atoms with E-state index < -0.39 is 0 Å². The summed E-state index contributed by atoms with van der Waals surface area (Å²) in [6, 6.07) is 6.75. The molecule has 0 atom stereocenters. The highest BCUT2D eigenvalue weighted by molar-refractivity contribution is 5.28. The lowest BCUT2D eigenvalue weighted by Gasteiger charge is -2.16. The number of nitrogens with zero attached hydrogens (tertiary/aromatic N) is 3. The molecule has 1 aromatic carbocycles. The van der Waals surface area contributed by atoms with Crippen molar-refractivity contribution in [3.63, 3.8) is 0 Å². The Labute approximate surface area is 111 Å². The van der Waals surface area contributed by atoms with Crippen LogP contribution >= 0.6 is 0 Å². The van der Waals surface area contributed by atoms with Gasteiger partial charge in [-0.2, -0.15) is 0 Å². The number of aromatic nitrogens is 2. The third-order valence-electron chi connectivity index (χ3n) is 2.68. The molecule has 2 aromatic rings. The van der Waals surface area contributed by atoms with Gasteiger partial charge in [0.05, 0.1) is 18.1 Å². The molecule has 0 aliphatic carbocycles. The molecular weight excluding hydrogens is 245 g/mol. The lowest BCUT2D eigenvalue weighted by molar-refractivity contribution is 0.309. The van der Waals surface area contributed by atoms with Gasteiger partial charge in [0, 0.05) is 18.7 Å². The van der Waals surface area contributed by atoms with Gasteiger partial charge in [-0.05, 0) is 13.1 Å². The van der Waals surface area contributed by atoms with E-state index in [1.165, 1.54) is 6.07 Å². The fourth-order valence-electron chi connectivity index (χ4n) is 1.76. The van der Waals surface area contributed by atoms with Gasteiger partial charge in [0.1, 0.15) is 5.82 Å². The maximum Gasteiger partial charge on any atom is 0.158 e. The number of hydrogen-bond acceptors (Lipinski definition) is 5. The smallest absolute Gasteiger partial charge is 0.158 e. The minimum atomic E-state index is -0.192. The van der Waals surface area contributed by atoms with Crippen molar-refractivity contribution in [2.24, 2.45) is 5.84 Å². The standard InChI is InChI=1S/C13H16FN5/c1-19(8-10-4-2-3-5-12(10)14)9-11-6-17-13(18-15)7-16-11/h2-7H,8-9,15H2,1H3,(H,17,18). The molecule has 0 unspecified atom stereocenters. The highest BCUT2D eigenvalue weighted by Gasteiger charge is 2.06. The van der Waals surface area contributed by atoms with Gasteiger partial charge in [0.25, 0.3) is 0 Å². The predicted molar refractivity (Wildman–Crippen MR) is 71.4 cm³/mol. The van der Waals surface area contributed by atoms with Crippen LogP contribution in [-0.2, 0) is 13.1 Å². The van der Waals surface area contributed by atoms with E-state index in [0.717, 1.165) is 5.69 Å². The molecule has 0 saturated carbocycles. The summed E-state index contributed by atoms with van der Waals surface area (Å²) < 4.78 is 13.5. The molecule has 0 bridgehead atoms. The second-order valence-corrected chi connectivity index (χ2v) is 4.30. The molecule has 1 heterocycles. The van der Waals surface area contributed by atoms with Crippen LogP contribution in [0.5, 0.6) is 0 Å². The minimum Gasteiger partial charge on any atom is -0.307 e. The summed E-state index contributed by atoms with van der Waals surface area (Å²) in [5.41, 5.74) is 3.89. The van der Waals surface area contributed by atoms with Gasteiger partial charge in [0.15, 0.2) is 5.82 Å². The summed E-state index contributed by atoms with van der Waals surface area (Å²) in [5, 5.41) is 0. The summed E-state index contributed by atoms with van der Waals surface area (Å²) in [7, 11) is 1.91. The van der Waals surface area contributed by atoms with E-state index in [1.54, 1.807) is 24.5 Å². The second kappa shape index (κ2) is 6.21. The van der Waals surface area contributed by atoms with Crippen molar-refractivity contribution in [2.75, 3.05) is 12.5 Å². The monoisotopic (exact) mass is 261 g/mol. The maximum atomic E-state index is 13.5. The summed E-state index contributed by atoms with van der Waals surface area (Å²) in [5.74, 6) is 5.54. The maximum absolute atomic E-state index is 13.5. The molecule has 5 nitrogen and oxygen atoms in total. The first-order chi connectivity index (χ1) is 9.19. The van der Waals surface area contributed by atoms with Crippen LogP contribution in [0.25, 0.3) is 0 Å². The zero-order valence-electron chi connectivity index (χ0n) is 10.7. The molecule has 0 radical (unpaired) electrons. The van der Waals surface area contributed by atoms with Gasteiger partial charge in [-0.1, -0.05) is 18.2 Å². The number of rotatable bonds is 5. The van der Waals surface area contributed by atoms with Crippen molar-refractivity contribution in [3.8, 4) is 0 Å². The van der Waals surface area contributed by atoms with E-state index in [0.29, 0.717) is 24.5 Å². The number of halogens is 1. The molecule has 6 heteroatoms. The number of benzene rings is 1. The number of hydrogen-bond donors (Lipinski definition) is 2. The lowest BCUT2D eigenvalue weighted by Crippen LogP contribution is -2.19. The zero-order valence-corrected chi connectivity index (χ0v) is 10.7. The van der Waals surface area contributed by atoms with E-state index >= 15 is 0 Å². The molecule has 0 saturated heterocycles. The summed E-state index contributed by atoms with van der Waals surface area (Å²) >= 11 is 0. The fourth-order valence-corrected chi connectivity index (χ4v) is 1.76. The topological polar surface area (TPSA) is 67.1 Å². The first-order valence-electron chi connectivity index (χ1n) is 5.88. The Morgan fingerprint density at radius 1 is 1.21 bits per heavy atom. The number of nitrogen functional groups attached to an aromatic ring is 1. The van der Waals surface area contributed by atoms with Gasteiger partial charge in [0.2, 0.25) is 0 Å². The predicted octanol–water partition coefficient (Wildman–Crippen LogP) is 1.53. The molecule has 0 aliphatic rings. The quantitative estimate of drug-likeness (QED) is 0.631. The van der Waals surface area contributed by atoms with E-state index in [-0.39, 0.29) is 5.82 Å². The Kier molecular flexibility index (Phi) is 4.38. The Hall–Kier alpha value is -2.05. The van der Waals surface area contributed by atoms with Crippen LogP contribution in [0, 0.1) is 5.82 Å². The van der Waals surface area contributed by atoms with Crippen LogP contribution < -0.4 is 11.3 Å². The minimum absolute atomic E-state index is 0.192. The van der Waals surface area contributed by atoms with Crippen molar-refractivity contribution < 1.29 is 4.39 Å². The molecule has 0 spiro atoms. The SMILES string of the molecule is CN(Cc1cnc(NN)cn1)Cc1ccccc1F. The average Bonchev–Trinajstić information content (AvgIpc) is 2.42. The van der Waals surface area contributed by atoms with Crippen molar-refractivity contribution in [2.45, 2.75) is 13.1 Å². The fraction of sp³-hybridized carbons (Fsp3) is 0.231. The first kappa shape index (κ1) is 13.4. The molecule has 2 rings (SSSR count). The Balaban J connectivity index is 1.97. The normalized spacial score (nSPS) is 10.7. The molecular formula is C13H16FN5. The number of hydrazine groups is 1. The van der Waals surface area contributed by atoms with E-state index in [1.807, 2.05) is 18.0 Å². The molecule has 3 N–H and O–H groups in total. The molecule has 1 aromatic heterocycles. The summed E-state index contributed by atoms with van der Waals surface area (Å²) in [4.78, 5) is 10.3. The van der Waals surface area contributed by atoms with Crippen LogP contribution in [0.2, 0.25) is 0 Å². The Morgan fingerprint density at radius 3 is 2.63 bits per heavy atom. The lowest BCUT2D eigenvalue weighted by atomic mass is 10.2. The molecule has 19 heavy (non-hydrogen) atoms. The summed E-state index contributed by atoms with van der Waals surface area (Å²) in [6.45, 7) is 1.11. The largest absolute Gasteiger partial charge is 0.307 e. The Bertz CT molecular complexity index is 529. The third kappa shape index (κ3) is 3.70. The van der Waals surface area contributed by atoms with E-state index in [2.05, 4.69) is 15.4 Å². The van der Waals surface area contributed by atoms with Crippen LogP contribution in [0.1, 0.15) is 11.3 Å². The second-order valence-electron chi connectivity index (χ2n) is 4.30. The van der Waals surface area contributed by atoms with Gasteiger partial charge in [-0.3, -0.25) is 9.88 Å². The van der Waals surface area contributed by atoms with Crippen molar-refractivity contribution in [3.05, 3.63) is 53.7 Å². The van der Waals surface area contributed by atoms with Crippen LogP contribution in [0.4, 0.5) is 10.2 Å². The van der Waals surface area contributed by atoms with Crippen LogP contribution in [0.3, 0.4) is 0 Å². The number of anilines is 1. The average molecular weight is 261 g/mol. The zero-order chi connectivity index (χ0) is 13.7. The molecule has 0 aliphatic heterocycles. The number of nitrogens with two attached hydrogens (primary N) is 1. The Morgan fingerprint density at radius 2 is 2.00 bits per heavy atom. The van der Waals surface area contributed by atoms with Crippen molar-refractivity contribution in [1.29, 1.82) is 0 Å². The van der Waals surface area contributed by atoms with Gasteiger partial charge < -0.3 is 5.43 Å². The highest BCUT2D eigenvalue weighted by atomic mass is 19.1. The van der Waals surface area contributed by atoms with Crippen LogP contribution in [0.15, 0.2) is 36.7 Å². The van der Waals surface area contributed by atoms with E-state index in [4.69, 9.17) is 5.84 Å². The summed E-state index contributed by atoms with van der Waals surface area (Å²) in [6.07, 6.45) is 3.21.